The number of aryl methyl sites for hydroxylation is 3. The van der Waals surface area contributed by atoms with Crippen LogP contribution in [-0.2, 0) is 11.3 Å². The maximum atomic E-state index is 12.0. The Hall–Kier alpha value is -1.08. The second-order valence-corrected chi connectivity index (χ2v) is 6.83. The van der Waals surface area contributed by atoms with E-state index in [0.717, 1.165) is 35.6 Å². The van der Waals surface area contributed by atoms with E-state index >= 15 is 0 Å². The summed E-state index contributed by atoms with van der Waals surface area (Å²) in [6.45, 7) is 6.75. The minimum Gasteiger partial charge on any atom is -0.326 e. The predicted octanol–water partition coefficient (Wildman–Crippen LogP) is 4.49. The average molecular weight is 432 g/mol. The Morgan fingerprint density at radius 3 is 2.73 bits per heavy atom. The summed E-state index contributed by atoms with van der Waals surface area (Å²) >= 11 is 8.26. The number of nitrogens with one attached hydrogen (secondary N) is 1. The van der Waals surface area contributed by atoms with Crippen LogP contribution in [0.3, 0.4) is 0 Å². The smallest absolute Gasteiger partial charge is 0.224 e. The first-order valence-corrected chi connectivity index (χ1v) is 8.59. The van der Waals surface area contributed by atoms with Crippen LogP contribution in [0.5, 0.6) is 0 Å². The van der Waals surface area contributed by atoms with Crippen LogP contribution in [0, 0.1) is 24.3 Å². The molecule has 0 bridgehead atoms. The Balaban J connectivity index is 1.88. The van der Waals surface area contributed by atoms with E-state index in [1.54, 1.807) is 6.07 Å². The molecule has 0 aliphatic rings. The van der Waals surface area contributed by atoms with Gasteiger partial charge in [0.15, 0.2) is 0 Å². The summed E-state index contributed by atoms with van der Waals surface area (Å²) in [7, 11) is 0. The van der Waals surface area contributed by atoms with E-state index < -0.39 is 0 Å². The summed E-state index contributed by atoms with van der Waals surface area (Å²) in [6.07, 6.45) is 1.21. The first kappa shape index (κ1) is 17.3. The summed E-state index contributed by atoms with van der Waals surface area (Å²) in [5.74, 6) is 0.00148. The molecule has 1 aromatic heterocycles. The van der Waals surface area contributed by atoms with Crippen molar-refractivity contribution >= 4 is 45.8 Å². The van der Waals surface area contributed by atoms with Gasteiger partial charge in [0.1, 0.15) is 0 Å². The lowest BCUT2D eigenvalue weighted by Crippen LogP contribution is -2.14. The lowest BCUT2D eigenvalue weighted by molar-refractivity contribution is -0.116. The highest BCUT2D eigenvalue weighted by Gasteiger charge is 2.10. The zero-order valence-corrected chi connectivity index (χ0v) is 15.8. The van der Waals surface area contributed by atoms with E-state index in [1.807, 2.05) is 30.7 Å². The molecule has 0 saturated heterocycles. The van der Waals surface area contributed by atoms with Gasteiger partial charge in [0, 0.05) is 29.4 Å². The molecule has 0 radical (unpaired) electrons. The highest BCUT2D eigenvalue weighted by Crippen LogP contribution is 2.20. The Morgan fingerprint density at radius 2 is 2.09 bits per heavy atom. The first-order valence-electron chi connectivity index (χ1n) is 7.14. The number of carbonyl (C=O) groups is 1. The van der Waals surface area contributed by atoms with Crippen LogP contribution in [0.25, 0.3) is 0 Å². The Kier molecular flexibility index (Phi) is 5.86. The molecule has 2 aromatic rings. The van der Waals surface area contributed by atoms with E-state index in [4.69, 9.17) is 11.6 Å². The summed E-state index contributed by atoms with van der Waals surface area (Å²) in [6, 6.07) is 5.49. The van der Waals surface area contributed by atoms with Crippen molar-refractivity contribution in [2.24, 2.45) is 0 Å². The first-order chi connectivity index (χ1) is 10.4. The monoisotopic (exact) mass is 431 g/mol. The molecule has 4 nitrogen and oxygen atoms in total. The van der Waals surface area contributed by atoms with Gasteiger partial charge in [-0.3, -0.25) is 9.48 Å². The SMILES string of the molecule is Cc1ccc(Cl)cc1NC(=O)CCCn1nc(C)c(I)c1C. The molecule has 1 aromatic carbocycles. The van der Waals surface area contributed by atoms with Crippen molar-refractivity contribution in [1.82, 2.24) is 9.78 Å². The number of anilines is 1. The number of carbonyl (C=O) groups excluding carboxylic acids is 1. The molecule has 1 heterocycles. The van der Waals surface area contributed by atoms with Gasteiger partial charge < -0.3 is 5.32 Å². The maximum Gasteiger partial charge on any atom is 0.224 e. The molecule has 0 aliphatic carbocycles. The van der Waals surface area contributed by atoms with Crippen molar-refractivity contribution in [3.05, 3.63) is 43.7 Å². The van der Waals surface area contributed by atoms with Crippen molar-refractivity contribution in [3.8, 4) is 0 Å². The molecule has 0 aliphatic heterocycles. The molecule has 0 spiro atoms. The number of hydrogen-bond acceptors (Lipinski definition) is 2. The fourth-order valence-electron chi connectivity index (χ4n) is 2.22. The molecular weight excluding hydrogens is 413 g/mol. The summed E-state index contributed by atoms with van der Waals surface area (Å²) in [5.41, 5.74) is 3.98. The van der Waals surface area contributed by atoms with Crippen LogP contribution in [0.15, 0.2) is 18.2 Å². The van der Waals surface area contributed by atoms with Gasteiger partial charge >= 0.3 is 0 Å². The maximum absolute atomic E-state index is 12.0. The van der Waals surface area contributed by atoms with Gasteiger partial charge in [0.25, 0.3) is 0 Å². The van der Waals surface area contributed by atoms with E-state index in [9.17, 15) is 4.79 Å². The Bertz CT molecular complexity index is 697. The topological polar surface area (TPSA) is 46.9 Å². The van der Waals surface area contributed by atoms with Crippen LogP contribution in [-0.4, -0.2) is 15.7 Å². The molecule has 0 fully saturated rings. The van der Waals surface area contributed by atoms with Crippen molar-refractivity contribution in [2.75, 3.05) is 5.32 Å². The van der Waals surface area contributed by atoms with Crippen LogP contribution in [0.2, 0.25) is 5.02 Å². The second kappa shape index (κ2) is 7.46. The van der Waals surface area contributed by atoms with Gasteiger partial charge in [0.05, 0.1) is 9.26 Å². The van der Waals surface area contributed by atoms with E-state index in [-0.39, 0.29) is 5.91 Å². The third-order valence-corrected chi connectivity index (χ3v) is 5.34. The number of hydrogen-bond donors (Lipinski definition) is 1. The fourth-order valence-corrected chi connectivity index (χ4v) is 2.78. The highest BCUT2D eigenvalue weighted by molar-refractivity contribution is 14.1. The molecule has 118 valence electrons. The highest BCUT2D eigenvalue weighted by atomic mass is 127. The predicted molar refractivity (Wildman–Crippen MR) is 98.5 cm³/mol. The minimum absolute atomic E-state index is 0.00148. The quantitative estimate of drug-likeness (QED) is 0.709. The summed E-state index contributed by atoms with van der Waals surface area (Å²) < 4.78 is 3.16. The van der Waals surface area contributed by atoms with E-state index in [0.29, 0.717) is 11.4 Å². The number of benzene rings is 1. The minimum atomic E-state index is 0.00148. The van der Waals surface area contributed by atoms with Crippen LogP contribution >= 0.6 is 34.2 Å². The van der Waals surface area contributed by atoms with Gasteiger partial charge in [-0.1, -0.05) is 17.7 Å². The van der Waals surface area contributed by atoms with Gasteiger partial charge in [-0.2, -0.15) is 5.10 Å². The standard InChI is InChI=1S/C16H19ClIN3O/c1-10-6-7-13(17)9-14(10)19-15(22)5-4-8-21-12(3)16(18)11(2)20-21/h6-7,9H,4-5,8H2,1-3H3,(H,19,22). The van der Waals surface area contributed by atoms with Crippen molar-refractivity contribution in [2.45, 2.75) is 40.2 Å². The largest absolute Gasteiger partial charge is 0.326 e. The molecule has 0 unspecified atom stereocenters. The van der Waals surface area contributed by atoms with Gasteiger partial charge in [-0.15, -0.1) is 0 Å². The van der Waals surface area contributed by atoms with E-state index in [1.165, 1.54) is 3.57 Å². The second-order valence-electron chi connectivity index (χ2n) is 5.32. The molecule has 1 amide bonds. The third kappa shape index (κ3) is 4.23. The van der Waals surface area contributed by atoms with Crippen molar-refractivity contribution in [1.29, 1.82) is 0 Å². The molecule has 6 heteroatoms. The summed E-state index contributed by atoms with van der Waals surface area (Å²) in [4.78, 5) is 12.0. The molecular formula is C16H19ClIN3O. The van der Waals surface area contributed by atoms with Crippen molar-refractivity contribution in [3.63, 3.8) is 0 Å². The molecule has 0 saturated carbocycles. The normalized spacial score (nSPS) is 10.8. The van der Waals surface area contributed by atoms with Crippen LogP contribution in [0.1, 0.15) is 29.8 Å². The third-order valence-electron chi connectivity index (χ3n) is 3.54. The average Bonchev–Trinajstić information content (AvgIpc) is 2.70. The Morgan fingerprint density at radius 1 is 1.36 bits per heavy atom. The van der Waals surface area contributed by atoms with Gasteiger partial charge in [-0.25, -0.2) is 0 Å². The summed E-state index contributed by atoms with van der Waals surface area (Å²) in [5, 5.41) is 8.01. The molecule has 22 heavy (non-hydrogen) atoms. The number of aromatic nitrogens is 2. The number of rotatable bonds is 5. The van der Waals surface area contributed by atoms with Crippen LogP contribution < -0.4 is 5.32 Å². The van der Waals surface area contributed by atoms with Crippen molar-refractivity contribution < 1.29 is 4.79 Å². The molecule has 1 N–H and O–H groups in total. The molecule has 0 atom stereocenters. The zero-order valence-electron chi connectivity index (χ0n) is 12.9. The Labute approximate surface area is 149 Å². The number of nitrogens with zero attached hydrogens (tertiary/aromatic N) is 2. The van der Waals surface area contributed by atoms with Gasteiger partial charge in [0.2, 0.25) is 5.91 Å². The van der Waals surface area contributed by atoms with E-state index in [2.05, 4.69) is 39.9 Å². The van der Waals surface area contributed by atoms with Gasteiger partial charge in [-0.05, 0) is 67.5 Å². The lowest BCUT2D eigenvalue weighted by atomic mass is 10.2. The zero-order chi connectivity index (χ0) is 16.3. The lowest BCUT2D eigenvalue weighted by Gasteiger charge is -2.09. The fraction of sp³-hybridized carbons (Fsp3) is 0.375. The molecule has 2 rings (SSSR count). The number of amides is 1. The number of halogens is 2. The van der Waals surface area contributed by atoms with Crippen LogP contribution in [0.4, 0.5) is 5.69 Å².